The Kier molecular flexibility index (Phi) is 2.74. The first-order valence-corrected chi connectivity index (χ1v) is 4.68. The van der Waals surface area contributed by atoms with E-state index in [-0.39, 0.29) is 6.04 Å². The van der Waals surface area contributed by atoms with Crippen molar-refractivity contribution in [2.75, 3.05) is 13.7 Å². The maximum absolute atomic E-state index is 5.50. The van der Waals surface area contributed by atoms with E-state index in [1.165, 1.54) is 0 Å². The lowest BCUT2D eigenvalue weighted by atomic mass is 10.1. The first-order valence-electron chi connectivity index (χ1n) is 4.68. The predicted octanol–water partition coefficient (Wildman–Crippen LogP) is 1.04. The van der Waals surface area contributed by atoms with E-state index < -0.39 is 0 Å². The van der Waals surface area contributed by atoms with Gasteiger partial charge in [-0.05, 0) is 19.2 Å². The first-order chi connectivity index (χ1) is 6.92. The van der Waals surface area contributed by atoms with Crippen molar-refractivity contribution in [2.45, 2.75) is 12.5 Å². The lowest BCUT2D eigenvalue weighted by molar-refractivity contribution is 0.217. The van der Waals surface area contributed by atoms with Gasteiger partial charge >= 0.3 is 0 Å². The number of hydrogen-bond acceptors (Lipinski definition) is 4. The van der Waals surface area contributed by atoms with Crippen molar-refractivity contribution in [3.63, 3.8) is 0 Å². The summed E-state index contributed by atoms with van der Waals surface area (Å²) in [6.45, 7) is 0.776. The van der Waals surface area contributed by atoms with Crippen LogP contribution < -0.4 is 5.32 Å². The van der Waals surface area contributed by atoms with Crippen LogP contribution in [0, 0.1) is 0 Å². The minimum absolute atomic E-state index is 0.0560. The Hall–Kier alpha value is -1.42. The van der Waals surface area contributed by atoms with Crippen LogP contribution in [0.3, 0.4) is 0 Å². The molecular formula is C10H13N3O. The molecule has 4 heteroatoms. The fourth-order valence-corrected chi connectivity index (χ4v) is 1.55. The highest BCUT2D eigenvalue weighted by Gasteiger charge is 2.19. The van der Waals surface area contributed by atoms with Gasteiger partial charge < -0.3 is 10.1 Å². The first kappa shape index (κ1) is 9.15. The summed E-state index contributed by atoms with van der Waals surface area (Å²) in [4.78, 5) is 8.09. The largest absolute Gasteiger partial charge is 0.496 e. The van der Waals surface area contributed by atoms with E-state index in [0.717, 1.165) is 24.5 Å². The molecule has 1 aromatic heterocycles. The summed E-state index contributed by atoms with van der Waals surface area (Å²) in [6, 6.07) is 1.95. The Labute approximate surface area is 83.0 Å². The topological polar surface area (TPSA) is 47.0 Å². The zero-order valence-electron chi connectivity index (χ0n) is 8.10. The molecule has 1 atom stereocenters. The van der Waals surface area contributed by atoms with E-state index in [1.54, 1.807) is 12.5 Å². The molecular weight excluding hydrogens is 178 g/mol. The molecule has 0 bridgehead atoms. The molecule has 2 heterocycles. The van der Waals surface area contributed by atoms with Gasteiger partial charge in [0.15, 0.2) is 0 Å². The average Bonchev–Trinajstić information content (AvgIpc) is 2.74. The van der Waals surface area contributed by atoms with Crippen LogP contribution in [0.15, 0.2) is 30.4 Å². The number of nitrogens with one attached hydrogen (secondary N) is 1. The normalized spacial score (nSPS) is 17.4. The molecule has 14 heavy (non-hydrogen) atoms. The van der Waals surface area contributed by atoms with Crippen LogP contribution >= 0.6 is 0 Å². The van der Waals surface area contributed by atoms with Gasteiger partial charge in [0.25, 0.3) is 0 Å². The van der Waals surface area contributed by atoms with Crippen molar-refractivity contribution in [1.29, 1.82) is 0 Å². The highest BCUT2D eigenvalue weighted by atomic mass is 16.5. The molecule has 1 aliphatic heterocycles. The number of rotatable bonds is 3. The minimum atomic E-state index is 0.0560. The van der Waals surface area contributed by atoms with Gasteiger partial charge in [-0.25, -0.2) is 9.97 Å². The van der Waals surface area contributed by atoms with E-state index in [9.17, 15) is 0 Å². The van der Waals surface area contributed by atoms with Crippen molar-refractivity contribution >= 4 is 0 Å². The van der Waals surface area contributed by atoms with E-state index >= 15 is 0 Å². The average molecular weight is 191 g/mol. The van der Waals surface area contributed by atoms with Gasteiger partial charge in [-0.1, -0.05) is 0 Å². The zero-order chi connectivity index (χ0) is 9.80. The van der Waals surface area contributed by atoms with Crippen LogP contribution in [0.1, 0.15) is 18.2 Å². The Bertz CT molecular complexity index is 323. The van der Waals surface area contributed by atoms with Crippen LogP contribution in [-0.4, -0.2) is 23.6 Å². The molecule has 0 saturated heterocycles. The molecule has 0 spiro atoms. The van der Waals surface area contributed by atoms with Gasteiger partial charge in [0, 0.05) is 12.6 Å². The Morgan fingerprint density at radius 3 is 3.07 bits per heavy atom. The van der Waals surface area contributed by atoms with Crippen molar-refractivity contribution in [3.8, 4) is 0 Å². The second-order valence-electron chi connectivity index (χ2n) is 3.10. The molecule has 1 aliphatic rings. The molecule has 1 unspecified atom stereocenters. The van der Waals surface area contributed by atoms with Crippen LogP contribution in [0.4, 0.5) is 0 Å². The Morgan fingerprint density at radius 2 is 2.50 bits per heavy atom. The summed E-state index contributed by atoms with van der Waals surface area (Å²) in [7, 11) is 1.90. The van der Waals surface area contributed by atoms with E-state index in [2.05, 4.69) is 21.4 Å². The standard InChI is InChI=1S/C10H13N3O/c1-11-10(9-3-2-6-14-9)8-4-5-12-7-13-8/h3-5,7,10-11H,2,6H2,1H3. The number of ether oxygens (including phenoxy) is 1. The van der Waals surface area contributed by atoms with Gasteiger partial charge in [-0.2, -0.15) is 0 Å². The number of likely N-dealkylation sites (N-methyl/N-ethyl adjacent to an activating group) is 1. The van der Waals surface area contributed by atoms with Crippen molar-refractivity contribution in [2.24, 2.45) is 0 Å². The molecule has 0 aromatic carbocycles. The Morgan fingerprint density at radius 1 is 1.57 bits per heavy atom. The van der Waals surface area contributed by atoms with Crippen molar-refractivity contribution < 1.29 is 4.74 Å². The van der Waals surface area contributed by atoms with E-state index in [1.807, 2.05) is 13.1 Å². The molecule has 74 valence electrons. The summed E-state index contributed by atoms with van der Waals surface area (Å²) in [5.41, 5.74) is 0.940. The summed E-state index contributed by atoms with van der Waals surface area (Å²) in [5, 5.41) is 3.18. The number of hydrogen-bond donors (Lipinski definition) is 1. The van der Waals surface area contributed by atoms with Crippen LogP contribution in [0.5, 0.6) is 0 Å². The molecule has 0 radical (unpaired) electrons. The van der Waals surface area contributed by atoms with Crippen LogP contribution in [-0.2, 0) is 4.74 Å². The van der Waals surface area contributed by atoms with Gasteiger partial charge in [0.05, 0.1) is 12.3 Å². The van der Waals surface area contributed by atoms with Crippen molar-refractivity contribution in [1.82, 2.24) is 15.3 Å². The maximum atomic E-state index is 5.50. The lowest BCUT2D eigenvalue weighted by Gasteiger charge is -2.16. The second-order valence-corrected chi connectivity index (χ2v) is 3.10. The van der Waals surface area contributed by atoms with Gasteiger partial charge in [0.1, 0.15) is 18.1 Å². The van der Waals surface area contributed by atoms with Gasteiger partial charge in [0.2, 0.25) is 0 Å². The second kappa shape index (κ2) is 4.19. The smallest absolute Gasteiger partial charge is 0.115 e. The third-order valence-electron chi connectivity index (χ3n) is 2.21. The van der Waals surface area contributed by atoms with Crippen LogP contribution in [0.25, 0.3) is 0 Å². The Balaban J connectivity index is 2.21. The molecule has 1 N–H and O–H groups in total. The fourth-order valence-electron chi connectivity index (χ4n) is 1.55. The van der Waals surface area contributed by atoms with Gasteiger partial charge in [-0.15, -0.1) is 0 Å². The SMILES string of the molecule is CNC(C1=CCCO1)c1ccncn1. The highest BCUT2D eigenvalue weighted by Crippen LogP contribution is 2.23. The van der Waals surface area contributed by atoms with Gasteiger partial charge in [-0.3, -0.25) is 0 Å². The van der Waals surface area contributed by atoms with E-state index in [4.69, 9.17) is 4.74 Å². The quantitative estimate of drug-likeness (QED) is 0.775. The summed E-state index contributed by atoms with van der Waals surface area (Å²) in [6.07, 6.45) is 6.37. The molecule has 0 fully saturated rings. The zero-order valence-corrected chi connectivity index (χ0v) is 8.10. The third-order valence-corrected chi connectivity index (χ3v) is 2.21. The molecule has 4 nitrogen and oxygen atoms in total. The van der Waals surface area contributed by atoms with E-state index in [0.29, 0.717) is 0 Å². The number of nitrogens with zero attached hydrogens (tertiary/aromatic N) is 2. The molecule has 0 saturated carbocycles. The summed E-state index contributed by atoms with van der Waals surface area (Å²) >= 11 is 0. The maximum Gasteiger partial charge on any atom is 0.115 e. The molecule has 2 rings (SSSR count). The van der Waals surface area contributed by atoms with Crippen LogP contribution in [0.2, 0.25) is 0 Å². The summed E-state index contributed by atoms with van der Waals surface area (Å²) in [5.74, 6) is 0.964. The summed E-state index contributed by atoms with van der Waals surface area (Å²) < 4.78 is 5.50. The molecule has 1 aromatic rings. The molecule has 0 aliphatic carbocycles. The predicted molar refractivity (Wildman–Crippen MR) is 52.5 cm³/mol. The third kappa shape index (κ3) is 1.75. The minimum Gasteiger partial charge on any atom is -0.496 e. The highest BCUT2D eigenvalue weighted by molar-refractivity contribution is 5.18. The monoisotopic (exact) mass is 191 g/mol. The lowest BCUT2D eigenvalue weighted by Crippen LogP contribution is -2.20. The molecule has 0 amide bonds. The number of aromatic nitrogens is 2. The van der Waals surface area contributed by atoms with Crippen molar-refractivity contribution in [3.05, 3.63) is 36.1 Å². The fraction of sp³-hybridized carbons (Fsp3) is 0.400.